The molecule has 0 aliphatic carbocycles. The second kappa shape index (κ2) is 6.78. The van der Waals surface area contributed by atoms with E-state index in [0.29, 0.717) is 17.8 Å². The number of hydrogen-bond donors (Lipinski definition) is 2. The number of rotatable bonds is 4. The van der Waals surface area contributed by atoms with Crippen molar-refractivity contribution in [2.75, 3.05) is 64.1 Å². The monoisotopic (exact) mass is 292 g/mol. The van der Waals surface area contributed by atoms with Crippen molar-refractivity contribution < 1.29 is 9.90 Å². The molecule has 1 amide bonds. The van der Waals surface area contributed by atoms with Crippen molar-refractivity contribution in [3.63, 3.8) is 0 Å². The zero-order valence-corrected chi connectivity index (χ0v) is 12.7. The molecule has 6 nitrogen and oxygen atoms in total. The van der Waals surface area contributed by atoms with Crippen molar-refractivity contribution in [2.45, 2.75) is 0 Å². The first-order chi connectivity index (χ1) is 10.0. The molecule has 0 radical (unpaired) electrons. The lowest BCUT2D eigenvalue weighted by Gasteiger charge is -2.36. The van der Waals surface area contributed by atoms with Crippen LogP contribution in [0.4, 0.5) is 11.4 Å². The second-order valence-corrected chi connectivity index (χ2v) is 5.53. The highest BCUT2D eigenvalue weighted by atomic mass is 16.3. The molecule has 1 aromatic rings. The molecule has 3 N–H and O–H groups in total. The second-order valence-electron chi connectivity index (χ2n) is 5.53. The standard InChI is InChI=1S/C15H24N4O2/c1-17(2)15(21)13-4-3-12(16)11-14(13)19-7-5-18(6-8-19)9-10-20/h3-4,11,20H,5-10,16H2,1-2H3. The summed E-state index contributed by atoms with van der Waals surface area (Å²) in [6.45, 7) is 4.31. The van der Waals surface area contributed by atoms with Crippen molar-refractivity contribution in [2.24, 2.45) is 0 Å². The summed E-state index contributed by atoms with van der Waals surface area (Å²) in [7, 11) is 3.50. The lowest BCUT2D eigenvalue weighted by molar-refractivity contribution is 0.0828. The highest BCUT2D eigenvalue weighted by Gasteiger charge is 2.22. The van der Waals surface area contributed by atoms with Gasteiger partial charge in [-0.05, 0) is 18.2 Å². The number of carbonyl (C=O) groups excluding carboxylic acids is 1. The zero-order chi connectivity index (χ0) is 15.4. The van der Waals surface area contributed by atoms with E-state index in [1.54, 1.807) is 31.1 Å². The minimum atomic E-state index is -0.0113. The summed E-state index contributed by atoms with van der Waals surface area (Å²) in [5.74, 6) is -0.0113. The summed E-state index contributed by atoms with van der Waals surface area (Å²) >= 11 is 0. The molecule has 0 bridgehead atoms. The molecule has 116 valence electrons. The summed E-state index contributed by atoms with van der Waals surface area (Å²) in [5, 5.41) is 8.99. The molecule has 0 saturated carbocycles. The average Bonchev–Trinajstić information content (AvgIpc) is 2.47. The molecular weight excluding hydrogens is 268 g/mol. The Bertz CT molecular complexity index is 496. The third kappa shape index (κ3) is 3.65. The van der Waals surface area contributed by atoms with Crippen LogP contribution in [0.1, 0.15) is 10.4 Å². The quantitative estimate of drug-likeness (QED) is 0.769. The number of carbonyl (C=O) groups is 1. The number of piperazine rings is 1. The molecule has 6 heteroatoms. The van der Waals surface area contributed by atoms with Gasteiger partial charge >= 0.3 is 0 Å². The topological polar surface area (TPSA) is 73.0 Å². The number of anilines is 2. The Morgan fingerprint density at radius 1 is 1.29 bits per heavy atom. The van der Waals surface area contributed by atoms with Crippen LogP contribution in [0.5, 0.6) is 0 Å². The van der Waals surface area contributed by atoms with Crippen LogP contribution in [0.3, 0.4) is 0 Å². The van der Waals surface area contributed by atoms with Crippen LogP contribution < -0.4 is 10.6 Å². The maximum Gasteiger partial charge on any atom is 0.255 e. The van der Waals surface area contributed by atoms with Gasteiger partial charge in [-0.25, -0.2) is 0 Å². The van der Waals surface area contributed by atoms with E-state index in [1.165, 1.54) is 0 Å². The van der Waals surface area contributed by atoms with Gasteiger partial charge in [0.15, 0.2) is 0 Å². The van der Waals surface area contributed by atoms with Crippen molar-refractivity contribution in [3.8, 4) is 0 Å². The predicted octanol–water partition coefficient (Wildman–Crippen LogP) is 0.0849. The van der Waals surface area contributed by atoms with Gasteiger partial charge in [0.05, 0.1) is 17.9 Å². The lowest BCUT2D eigenvalue weighted by Crippen LogP contribution is -2.47. The Labute approximate surface area is 125 Å². The number of aliphatic hydroxyl groups excluding tert-OH is 1. The van der Waals surface area contributed by atoms with Gasteiger partial charge in [-0.2, -0.15) is 0 Å². The Balaban J connectivity index is 2.19. The number of aliphatic hydroxyl groups is 1. The Morgan fingerprint density at radius 2 is 1.95 bits per heavy atom. The molecule has 1 aliphatic rings. The van der Waals surface area contributed by atoms with Crippen LogP contribution in [0, 0.1) is 0 Å². The molecule has 0 spiro atoms. The number of nitrogens with zero attached hydrogens (tertiary/aromatic N) is 3. The number of nitrogen functional groups attached to an aromatic ring is 1. The third-order valence-electron chi connectivity index (χ3n) is 3.79. The van der Waals surface area contributed by atoms with E-state index in [2.05, 4.69) is 9.80 Å². The summed E-state index contributed by atoms with van der Waals surface area (Å²) in [6, 6.07) is 5.44. The molecule has 2 rings (SSSR count). The first-order valence-electron chi connectivity index (χ1n) is 7.22. The normalized spacial score (nSPS) is 16.0. The van der Waals surface area contributed by atoms with Gasteiger partial charge in [-0.3, -0.25) is 9.69 Å². The minimum Gasteiger partial charge on any atom is -0.399 e. The number of benzene rings is 1. The largest absolute Gasteiger partial charge is 0.399 e. The highest BCUT2D eigenvalue weighted by Crippen LogP contribution is 2.25. The molecule has 0 unspecified atom stereocenters. The zero-order valence-electron chi connectivity index (χ0n) is 12.7. The minimum absolute atomic E-state index is 0.0113. The molecular formula is C15H24N4O2. The first kappa shape index (κ1) is 15.6. The van der Waals surface area contributed by atoms with Crippen molar-refractivity contribution in [1.82, 2.24) is 9.80 Å². The fraction of sp³-hybridized carbons (Fsp3) is 0.533. The molecule has 1 saturated heterocycles. The number of β-amino-alcohol motifs (C(OH)–C–C–N with tert-alkyl or cyclic N) is 1. The van der Waals surface area contributed by atoms with Gasteiger partial charge in [-0.1, -0.05) is 0 Å². The van der Waals surface area contributed by atoms with Gasteiger partial charge in [0, 0.05) is 52.5 Å². The van der Waals surface area contributed by atoms with Crippen molar-refractivity contribution in [3.05, 3.63) is 23.8 Å². The van der Waals surface area contributed by atoms with Gasteiger partial charge < -0.3 is 20.6 Å². The van der Waals surface area contributed by atoms with Gasteiger partial charge in [-0.15, -0.1) is 0 Å². The fourth-order valence-electron chi connectivity index (χ4n) is 2.59. The lowest BCUT2D eigenvalue weighted by atomic mass is 10.1. The molecule has 21 heavy (non-hydrogen) atoms. The molecule has 0 atom stereocenters. The molecule has 1 aromatic carbocycles. The van der Waals surface area contributed by atoms with E-state index in [4.69, 9.17) is 10.8 Å². The molecule has 0 aromatic heterocycles. The Kier molecular flexibility index (Phi) is 5.03. The maximum absolute atomic E-state index is 12.3. The van der Waals surface area contributed by atoms with Crippen molar-refractivity contribution >= 4 is 17.3 Å². The maximum atomic E-state index is 12.3. The van der Waals surface area contributed by atoms with Gasteiger partial charge in [0.1, 0.15) is 0 Å². The predicted molar refractivity (Wildman–Crippen MR) is 84.6 cm³/mol. The van der Waals surface area contributed by atoms with Crippen LogP contribution in [0.15, 0.2) is 18.2 Å². The van der Waals surface area contributed by atoms with Crippen LogP contribution in [-0.2, 0) is 0 Å². The molecule has 1 heterocycles. The van der Waals surface area contributed by atoms with E-state index in [1.807, 2.05) is 6.07 Å². The van der Waals surface area contributed by atoms with E-state index < -0.39 is 0 Å². The van der Waals surface area contributed by atoms with E-state index in [-0.39, 0.29) is 12.5 Å². The van der Waals surface area contributed by atoms with Crippen LogP contribution >= 0.6 is 0 Å². The van der Waals surface area contributed by atoms with E-state index in [0.717, 1.165) is 31.9 Å². The Hall–Kier alpha value is -1.79. The van der Waals surface area contributed by atoms with Crippen molar-refractivity contribution in [1.29, 1.82) is 0 Å². The van der Waals surface area contributed by atoms with Crippen LogP contribution in [-0.4, -0.2) is 74.2 Å². The smallest absolute Gasteiger partial charge is 0.255 e. The Morgan fingerprint density at radius 3 is 2.52 bits per heavy atom. The average molecular weight is 292 g/mol. The number of amides is 1. The van der Waals surface area contributed by atoms with E-state index >= 15 is 0 Å². The third-order valence-corrected chi connectivity index (χ3v) is 3.79. The molecule has 1 fully saturated rings. The van der Waals surface area contributed by atoms with E-state index in [9.17, 15) is 4.79 Å². The number of nitrogens with two attached hydrogens (primary N) is 1. The summed E-state index contributed by atoms with van der Waals surface area (Å²) in [4.78, 5) is 18.3. The molecule has 1 aliphatic heterocycles. The van der Waals surface area contributed by atoms with Crippen LogP contribution in [0.2, 0.25) is 0 Å². The van der Waals surface area contributed by atoms with Crippen LogP contribution in [0.25, 0.3) is 0 Å². The summed E-state index contributed by atoms with van der Waals surface area (Å²) in [5.41, 5.74) is 8.14. The first-order valence-corrected chi connectivity index (χ1v) is 7.22. The summed E-state index contributed by atoms with van der Waals surface area (Å²) < 4.78 is 0. The highest BCUT2D eigenvalue weighted by molar-refractivity contribution is 6.00. The fourth-order valence-corrected chi connectivity index (χ4v) is 2.59. The van der Waals surface area contributed by atoms with Gasteiger partial charge in [0.2, 0.25) is 0 Å². The van der Waals surface area contributed by atoms with Gasteiger partial charge in [0.25, 0.3) is 5.91 Å². The number of hydrogen-bond acceptors (Lipinski definition) is 5. The summed E-state index contributed by atoms with van der Waals surface area (Å²) in [6.07, 6.45) is 0. The SMILES string of the molecule is CN(C)C(=O)c1ccc(N)cc1N1CCN(CCO)CC1.